The molecule has 0 unspecified atom stereocenters. The lowest BCUT2D eigenvalue weighted by Gasteiger charge is -2.23. The Morgan fingerprint density at radius 3 is 1.64 bits per heavy atom. The summed E-state index contributed by atoms with van der Waals surface area (Å²) in [7, 11) is 0. The first-order chi connectivity index (χ1) is 10.5. The number of aryl methyl sites for hydroxylation is 2. The summed E-state index contributed by atoms with van der Waals surface area (Å²) >= 11 is 0. The third-order valence-electron chi connectivity index (χ3n) is 6.10. The lowest BCUT2D eigenvalue weighted by atomic mass is 9.88. The Bertz CT molecular complexity index is 433. The smallest absolute Gasteiger partial charge is 0.00388 e. The number of hydrogen-bond acceptors (Lipinski definition) is 1. The molecule has 1 nitrogen and oxygen atoms in total. The summed E-state index contributed by atoms with van der Waals surface area (Å²) in [6.07, 6.45) is 7.88. The Kier molecular flexibility index (Phi) is 4.92. The van der Waals surface area contributed by atoms with Crippen molar-refractivity contribution in [2.24, 2.45) is 11.8 Å². The fraction of sp³-hybridized carbons (Fsp3) is 0.714. The average molecular weight is 300 g/mol. The third-order valence-corrected chi connectivity index (χ3v) is 6.10. The number of benzene rings is 1. The van der Waals surface area contributed by atoms with Crippen LogP contribution >= 0.6 is 0 Å². The Morgan fingerprint density at radius 1 is 0.773 bits per heavy atom. The van der Waals surface area contributed by atoms with Gasteiger partial charge in [-0.3, -0.25) is 0 Å². The van der Waals surface area contributed by atoms with Crippen molar-refractivity contribution in [2.45, 2.75) is 72.3 Å². The van der Waals surface area contributed by atoms with Gasteiger partial charge in [0.05, 0.1) is 0 Å². The van der Waals surface area contributed by atoms with Gasteiger partial charge in [-0.1, -0.05) is 26.0 Å². The van der Waals surface area contributed by atoms with Crippen molar-refractivity contribution in [3.05, 3.63) is 34.4 Å². The van der Waals surface area contributed by atoms with Crippen molar-refractivity contribution < 1.29 is 0 Å². The van der Waals surface area contributed by atoms with Gasteiger partial charge in [0.25, 0.3) is 0 Å². The molecule has 1 aliphatic carbocycles. The Hall–Kier alpha value is -0.820. The maximum absolute atomic E-state index is 2.64. The minimum Gasteiger partial charge on any atom is -0.300 e. The average Bonchev–Trinajstić information content (AvgIpc) is 2.80. The van der Waals surface area contributed by atoms with E-state index in [4.69, 9.17) is 0 Å². The van der Waals surface area contributed by atoms with E-state index < -0.39 is 0 Å². The molecule has 2 aliphatic rings. The molecule has 0 N–H and O–H groups in total. The van der Waals surface area contributed by atoms with Crippen molar-refractivity contribution in [1.29, 1.82) is 0 Å². The minimum atomic E-state index is 0.680. The van der Waals surface area contributed by atoms with Crippen LogP contribution in [0.15, 0.2) is 12.1 Å². The van der Waals surface area contributed by atoms with E-state index in [-0.39, 0.29) is 0 Å². The second-order valence-corrected chi connectivity index (χ2v) is 8.10. The van der Waals surface area contributed by atoms with Gasteiger partial charge in [0, 0.05) is 19.1 Å². The van der Waals surface area contributed by atoms with Crippen LogP contribution in [0.2, 0.25) is 0 Å². The Morgan fingerprint density at radius 2 is 1.23 bits per heavy atom. The second-order valence-electron chi connectivity index (χ2n) is 8.10. The summed E-state index contributed by atoms with van der Waals surface area (Å²) in [6, 6.07) is 5.84. The van der Waals surface area contributed by atoms with Crippen LogP contribution < -0.4 is 0 Å². The van der Waals surface area contributed by atoms with Crippen LogP contribution in [0, 0.1) is 11.8 Å². The van der Waals surface area contributed by atoms with E-state index in [0.29, 0.717) is 6.04 Å². The van der Waals surface area contributed by atoms with Gasteiger partial charge >= 0.3 is 0 Å². The van der Waals surface area contributed by atoms with Crippen molar-refractivity contribution in [3.63, 3.8) is 0 Å². The number of nitrogens with zero attached hydrogens (tertiary/aromatic N) is 1. The Labute approximate surface area is 137 Å². The largest absolute Gasteiger partial charge is 0.300 e. The highest BCUT2D eigenvalue weighted by atomic mass is 15.1. The lowest BCUT2D eigenvalue weighted by molar-refractivity contribution is 0.233. The zero-order valence-electron chi connectivity index (χ0n) is 15.0. The molecule has 22 heavy (non-hydrogen) atoms. The molecule has 0 radical (unpaired) electrons. The number of hydrogen-bond donors (Lipinski definition) is 0. The summed E-state index contributed by atoms with van der Waals surface area (Å²) in [4.78, 5) is 2.64. The molecule has 1 heteroatoms. The molecule has 0 spiro atoms. The summed E-state index contributed by atoms with van der Waals surface area (Å²) in [5.41, 5.74) is 6.62. The predicted octanol–water partition coefficient (Wildman–Crippen LogP) is 4.65. The third kappa shape index (κ3) is 3.40. The summed E-state index contributed by atoms with van der Waals surface area (Å²) in [5.74, 6) is 1.76. The normalized spacial score (nSPS) is 20.6. The molecule has 0 amide bonds. The van der Waals surface area contributed by atoms with Gasteiger partial charge in [0.2, 0.25) is 0 Å². The lowest BCUT2D eigenvalue weighted by Crippen LogP contribution is -2.32. The van der Waals surface area contributed by atoms with Gasteiger partial charge in [0.1, 0.15) is 0 Å². The first-order valence-corrected chi connectivity index (χ1v) is 9.42. The highest BCUT2D eigenvalue weighted by Crippen LogP contribution is 2.31. The quantitative estimate of drug-likeness (QED) is 0.719. The molecule has 0 atom stereocenters. The molecule has 0 bridgehead atoms. The fourth-order valence-electron chi connectivity index (χ4n) is 4.37. The summed E-state index contributed by atoms with van der Waals surface area (Å²) in [6.45, 7) is 11.9. The van der Waals surface area contributed by atoms with E-state index in [1.807, 2.05) is 0 Å². The van der Waals surface area contributed by atoms with Crippen molar-refractivity contribution in [2.75, 3.05) is 13.1 Å². The van der Waals surface area contributed by atoms with E-state index in [2.05, 4.69) is 44.7 Å². The Balaban J connectivity index is 1.80. The van der Waals surface area contributed by atoms with Gasteiger partial charge in [-0.05, 0) is 86.5 Å². The van der Waals surface area contributed by atoms with Gasteiger partial charge in [-0.2, -0.15) is 0 Å². The highest BCUT2D eigenvalue weighted by Gasteiger charge is 2.22. The van der Waals surface area contributed by atoms with Crippen molar-refractivity contribution >= 4 is 0 Å². The second kappa shape index (κ2) is 6.74. The molecule has 0 saturated carbocycles. The van der Waals surface area contributed by atoms with Gasteiger partial charge in [0.15, 0.2) is 0 Å². The van der Waals surface area contributed by atoms with Crippen LogP contribution in [-0.2, 0) is 25.7 Å². The molecule has 1 aromatic rings. The van der Waals surface area contributed by atoms with Gasteiger partial charge in [-0.15, -0.1) is 0 Å². The zero-order valence-corrected chi connectivity index (χ0v) is 15.0. The summed E-state index contributed by atoms with van der Waals surface area (Å²) < 4.78 is 0. The maximum Gasteiger partial charge on any atom is 0.00388 e. The van der Waals surface area contributed by atoms with E-state index in [1.165, 1.54) is 51.6 Å². The molecule has 1 aliphatic heterocycles. The van der Waals surface area contributed by atoms with E-state index in [0.717, 1.165) is 11.8 Å². The first-order valence-electron chi connectivity index (χ1n) is 9.42. The molecule has 3 rings (SSSR count). The van der Waals surface area contributed by atoms with Crippen LogP contribution in [0.4, 0.5) is 0 Å². The maximum atomic E-state index is 2.64. The van der Waals surface area contributed by atoms with E-state index >= 15 is 0 Å². The fourth-order valence-corrected chi connectivity index (χ4v) is 4.37. The highest BCUT2D eigenvalue weighted by molar-refractivity contribution is 5.40. The van der Waals surface area contributed by atoms with Crippen molar-refractivity contribution in [3.8, 4) is 0 Å². The molecule has 0 fully saturated rings. The molecule has 0 saturated heterocycles. The number of fused-ring (bicyclic) bond motifs is 2. The molecule has 1 aromatic carbocycles. The minimum absolute atomic E-state index is 0.680. The van der Waals surface area contributed by atoms with E-state index in [9.17, 15) is 0 Å². The topological polar surface area (TPSA) is 3.24 Å². The van der Waals surface area contributed by atoms with Crippen LogP contribution in [0.3, 0.4) is 0 Å². The van der Waals surface area contributed by atoms with Gasteiger partial charge in [-0.25, -0.2) is 0 Å². The van der Waals surface area contributed by atoms with Gasteiger partial charge < -0.3 is 4.90 Å². The van der Waals surface area contributed by atoms with Crippen LogP contribution in [-0.4, -0.2) is 24.0 Å². The van der Waals surface area contributed by atoms with Crippen molar-refractivity contribution in [1.82, 2.24) is 4.90 Å². The first kappa shape index (κ1) is 16.1. The summed E-state index contributed by atoms with van der Waals surface area (Å²) in [5, 5.41) is 0. The molecule has 1 heterocycles. The molecular weight excluding hydrogens is 266 g/mol. The monoisotopic (exact) mass is 299 g/mol. The predicted molar refractivity (Wildman–Crippen MR) is 95.5 cm³/mol. The zero-order chi connectivity index (χ0) is 15.7. The van der Waals surface area contributed by atoms with Crippen LogP contribution in [0.5, 0.6) is 0 Å². The van der Waals surface area contributed by atoms with Crippen LogP contribution in [0.25, 0.3) is 0 Å². The molecule has 122 valence electrons. The van der Waals surface area contributed by atoms with E-state index in [1.54, 1.807) is 22.3 Å². The molecule has 0 aromatic heterocycles. The number of rotatable bonds is 2. The molecular formula is C21H33N. The van der Waals surface area contributed by atoms with Crippen LogP contribution in [0.1, 0.15) is 62.8 Å². The standard InChI is InChI=1S/C21H33N/c1-15(2)17-5-7-18-13-20-9-11-22(16(3)4)12-10-21(20)14-19(18)8-6-17/h13-17H,5-12H2,1-4H3. The SMILES string of the molecule is CC(C)C1CCc2cc3c(cc2CC1)CCN(C(C)C)CC3.